The maximum Gasteiger partial charge on any atom is 0.246 e. The van der Waals surface area contributed by atoms with Gasteiger partial charge in [-0.25, -0.2) is 22.8 Å². The molecular weight excluding hydrogens is 714 g/mol. The fraction of sp³-hybridized carbons (Fsp3) is 0.605. The standard InChI is InChI=1S/C38H50FN9O5S/c1-4-36(49)47-12-5-6-30(47)37-26-18-35(43-34-7-11-40-38(44-34)46-13-8-32(52-3)29(39)22-46)41-19-27(26)31(20-42-37)48-21-28(24(48)2)33-23-45(14-17-54(33,50)51)25-9-15-53-16-10-25/h4,7,11,18-20,24-25,28-30,32-33H,1,5-6,8-10,12-17,21-23H2,2-3H3,(H,40,41,43,44)/t24?,28?,29-,30?,32+,33?/m0/s1. The fourth-order valence-corrected chi connectivity index (χ4v) is 11.2. The van der Waals surface area contributed by atoms with Gasteiger partial charge in [-0.15, -0.1) is 0 Å². The molecule has 0 bridgehead atoms. The van der Waals surface area contributed by atoms with Crippen molar-refractivity contribution in [3.8, 4) is 0 Å². The molecule has 6 atom stereocenters. The van der Waals surface area contributed by atoms with Gasteiger partial charge in [0.25, 0.3) is 0 Å². The summed E-state index contributed by atoms with van der Waals surface area (Å²) < 4.78 is 52.6. The van der Waals surface area contributed by atoms with Gasteiger partial charge in [0.2, 0.25) is 11.9 Å². The summed E-state index contributed by atoms with van der Waals surface area (Å²) >= 11 is 0. The van der Waals surface area contributed by atoms with Gasteiger partial charge in [-0.1, -0.05) is 6.58 Å². The maximum atomic E-state index is 14.7. The van der Waals surface area contributed by atoms with Crippen molar-refractivity contribution >= 4 is 49.8 Å². The van der Waals surface area contributed by atoms with Crippen LogP contribution < -0.4 is 15.1 Å². The van der Waals surface area contributed by atoms with E-state index in [0.29, 0.717) is 62.8 Å². The van der Waals surface area contributed by atoms with Crippen LogP contribution in [0.25, 0.3) is 10.8 Å². The third-order valence-electron chi connectivity index (χ3n) is 12.3. The van der Waals surface area contributed by atoms with Crippen LogP contribution in [0, 0.1) is 5.92 Å². The van der Waals surface area contributed by atoms with Gasteiger partial charge in [0.1, 0.15) is 17.8 Å². The number of hydrogen-bond donors (Lipinski definition) is 1. The Morgan fingerprint density at radius 2 is 1.87 bits per heavy atom. The Kier molecular flexibility index (Phi) is 10.5. The SMILES string of the molecule is C=CC(=O)N1CCCC1c1ncc(N2CC(C3CN(C4CCOCC4)CCS3(=O)=O)C2C)c2cnc(Nc3ccnc(N4CC[C@@H](OC)[C@@H](F)C4)n3)cc12. The molecule has 3 aromatic heterocycles. The van der Waals surface area contributed by atoms with Crippen LogP contribution in [0.3, 0.4) is 0 Å². The molecule has 0 aliphatic carbocycles. The summed E-state index contributed by atoms with van der Waals surface area (Å²) in [5, 5.41) is 4.62. The Hall–Kier alpha value is -3.99. The van der Waals surface area contributed by atoms with E-state index in [1.807, 2.05) is 28.3 Å². The average Bonchev–Trinajstić information content (AvgIpc) is 3.68. The number of carbonyl (C=O) groups excluding carboxylic acids is 1. The number of rotatable bonds is 9. The number of methoxy groups -OCH3 is 1. The average molecular weight is 764 g/mol. The molecule has 3 aromatic rings. The van der Waals surface area contributed by atoms with Gasteiger partial charge < -0.3 is 29.5 Å². The minimum atomic E-state index is -3.24. The van der Waals surface area contributed by atoms with Crippen LogP contribution in [-0.2, 0) is 24.1 Å². The number of sulfone groups is 1. The number of piperidine rings is 1. The van der Waals surface area contributed by atoms with Gasteiger partial charge in [-0.05, 0) is 57.2 Å². The summed E-state index contributed by atoms with van der Waals surface area (Å²) in [6, 6.07) is 3.79. The number of carbonyl (C=O) groups is 1. The molecule has 0 spiro atoms. The largest absolute Gasteiger partial charge is 0.381 e. The molecule has 1 N–H and O–H groups in total. The normalized spacial score (nSPS) is 29.3. The smallest absolute Gasteiger partial charge is 0.246 e. The van der Waals surface area contributed by atoms with Crippen molar-refractivity contribution in [2.45, 2.75) is 74.7 Å². The summed E-state index contributed by atoms with van der Waals surface area (Å²) in [6.45, 7) is 10.4. The lowest BCUT2D eigenvalue weighted by Crippen LogP contribution is -2.65. The third-order valence-corrected chi connectivity index (χ3v) is 14.5. The molecule has 0 radical (unpaired) electrons. The lowest BCUT2D eigenvalue weighted by Gasteiger charge is -2.53. The zero-order valence-corrected chi connectivity index (χ0v) is 31.8. The zero-order chi connectivity index (χ0) is 37.6. The van der Waals surface area contributed by atoms with Crippen LogP contribution in [-0.4, -0.2) is 139 Å². The molecule has 5 aliphatic rings. The van der Waals surface area contributed by atoms with E-state index >= 15 is 0 Å². The molecule has 290 valence electrons. The maximum absolute atomic E-state index is 14.7. The van der Waals surface area contributed by atoms with Crippen molar-refractivity contribution in [3.05, 3.63) is 49.1 Å². The van der Waals surface area contributed by atoms with E-state index in [0.717, 1.165) is 61.1 Å². The molecule has 5 saturated heterocycles. The predicted molar refractivity (Wildman–Crippen MR) is 205 cm³/mol. The number of halogens is 1. The van der Waals surface area contributed by atoms with Gasteiger partial charge in [0.15, 0.2) is 9.84 Å². The number of anilines is 4. The Balaban J connectivity index is 1.08. The van der Waals surface area contributed by atoms with Crippen molar-refractivity contribution in [3.63, 3.8) is 0 Å². The van der Waals surface area contributed by atoms with E-state index in [2.05, 4.69) is 33.6 Å². The van der Waals surface area contributed by atoms with Crippen molar-refractivity contribution in [1.82, 2.24) is 29.7 Å². The molecule has 54 heavy (non-hydrogen) atoms. The summed E-state index contributed by atoms with van der Waals surface area (Å²) in [7, 11) is -1.71. The van der Waals surface area contributed by atoms with E-state index in [1.54, 1.807) is 12.3 Å². The van der Waals surface area contributed by atoms with E-state index in [1.165, 1.54) is 13.2 Å². The number of alkyl halides is 1. The molecule has 1 amide bonds. The first kappa shape index (κ1) is 37.0. The minimum absolute atomic E-state index is 0.0169. The van der Waals surface area contributed by atoms with Gasteiger partial charge in [-0.3, -0.25) is 14.7 Å². The molecule has 5 aliphatic heterocycles. The number of hydrogen-bond acceptors (Lipinski definition) is 13. The molecule has 0 aromatic carbocycles. The zero-order valence-electron chi connectivity index (χ0n) is 31.0. The lowest BCUT2D eigenvalue weighted by atomic mass is 9.85. The summed E-state index contributed by atoms with van der Waals surface area (Å²) in [6.07, 6.45) is 9.13. The first-order valence-corrected chi connectivity index (χ1v) is 20.9. The summed E-state index contributed by atoms with van der Waals surface area (Å²) in [4.78, 5) is 40.1. The van der Waals surface area contributed by atoms with E-state index < -0.39 is 27.4 Å². The van der Waals surface area contributed by atoms with Crippen LogP contribution in [0.4, 0.5) is 27.7 Å². The molecule has 0 saturated carbocycles. The monoisotopic (exact) mass is 763 g/mol. The Bertz CT molecular complexity index is 1980. The second-order valence-electron chi connectivity index (χ2n) is 15.2. The van der Waals surface area contributed by atoms with Crippen molar-refractivity contribution in [2.24, 2.45) is 5.92 Å². The first-order valence-electron chi connectivity index (χ1n) is 19.2. The Morgan fingerprint density at radius 3 is 2.63 bits per heavy atom. The molecule has 4 unspecified atom stereocenters. The molecule has 5 fully saturated rings. The summed E-state index contributed by atoms with van der Waals surface area (Å²) in [5.41, 5.74) is 1.66. The number of nitrogens with zero attached hydrogens (tertiary/aromatic N) is 8. The molecule has 8 rings (SSSR count). The number of nitrogens with one attached hydrogen (secondary N) is 1. The number of ether oxygens (including phenoxy) is 2. The highest BCUT2D eigenvalue weighted by atomic mass is 32.2. The highest BCUT2D eigenvalue weighted by molar-refractivity contribution is 7.92. The van der Waals surface area contributed by atoms with Gasteiger partial charge in [0, 0.05) is 94.2 Å². The minimum Gasteiger partial charge on any atom is -0.381 e. The molecule has 8 heterocycles. The van der Waals surface area contributed by atoms with Crippen molar-refractivity contribution < 1.29 is 27.1 Å². The topological polar surface area (TPSA) is 146 Å². The Morgan fingerprint density at radius 1 is 1.04 bits per heavy atom. The number of aromatic nitrogens is 4. The molecule has 16 heteroatoms. The predicted octanol–water partition coefficient (Wildman–Crippen LogP) is 3.68. The second kappa shape index (κ2) is 15.3. The number of amides is 1. The van der Waals surface area contributed by atoms with Crippen LogP contribution in [0.15, 0.2) is 43.4 Å². The van der Waals surface area contributed by atoms with Gasteiger partial charge in [-0.2, -0.15) is 4.98 Å². The molecule has 14 nitrogen and oxygen atoms in total. The van der Waals surface area contributed by atoms with E-state index in [-0.39, 0.29) is 36.2 Å². The number of pyridine rings is 2. The van der Waals surface area contributed by atoms with Gasteiger partial charge in [0.05, 0.1) is 47.3 Å². The lowest BCUT2D eigenvalue weighted by molar-refractivity contribution is -0.126. The van der Waals surface area contributed by atoms with Crippen molar-refractivity contribution in [2.75, 3.05) is 80.5 Å². The van der Waals surface area contributed by atoms with Crippen LogP contribution >= 0.6 is 0 Å². The highest BCUT2D eigenvalue weighted by Crippen LogP contribution is 2.43. The third kappa shape index (κ3) is 7.01. The van der Waals surface area contributed by atoms with Crippen LogP contribution in [0.2, 0.25) is 0 Å². The fourth-order valence-electron chi connectivity index (χ4n) is 9.17. The second-order valence-corrected chi connectivity index (χ2v) is 17.6. The first-order chi connectivity index (χ1) is 26.1. The highest BCUT2D eigenvalue weighted by Gasteiger charge is 2.49. The molecular formula is C38H50FN9O5S. The van der Waals surface area contributed by atoms with E-state index in [9.17, 15) is 17.6 Å². The van der Waals surface area contributed by atoms with Gasteiger partial charge >= 0.3 is 0 Å². The van der Waals surface area contributed by atoms with Crippen LogP contribution in [0.1, 0.15) is 50.8 Å². The number of likely N-dealkylation sites (tertiary alicyclic amines) is 1. The Labute approximate surface area is 316 Å². The quantitative estimate of drug-likeness (QED) is 0.317. The number of fused-ring (bicyclic) bond motifs is 1. The van der Waals surface area contributed by atoms with E-state index in [4.69, 9.17) is 24.4 Å². The van der Waals surface area contributed by atoms with Crippen molar-refractivity contribution in [1.29, 1.82) is 0 Å². The van der Waals surface area contributed by atoms with Crippen LogP contribution in [0.5, 0.6) is 0 Å². The summed E-state index contributed by atoms with van der Waals surface area (Å²) in [5.74, 6) is 1.50.